The highest BCUT2D eigenvalue weighted by molar-refractivity contribution is 5.76. The van der Waals surface area contributed by atoms with Crippen LogP contribution in [0.5, 0.6) is 11.5 Å². The Morgan fingerprint density at radius 1 is 0.963 bits per heavy atom. The van der Waals surface area contributed by atoms with Crippen LogP contribution in [0.3, 0.4) is 0 Å². The molecule has 0 atom stereocenters. The number of amides is 1. The molecule has 1 fully saturated rings. The summed E-state index contributed by atoms with van der Waals surface area (Å²) in [4.78, 5) is 16.9. The van der Waals surface area contributed by atoms with E-state index in [4.69, 9.17) is 9.47 Å². The molecule has 0 saturated carbocycles. The topological polar surface area (TPSA) is 42.0 Å². The number of methoxy groups -OCH3 is 2. The lowest BCUT2D eigenvalue weighted by Crippen LogP contribution is -2.48. The van der Waals surface area contributed by atoms with Gasteiger partial charge in [0.05, 0.1) is 14.2 Å². The molecule has 2 aromatic rings. The highest BCUT2D eigenvalue weighted by atomic mass is 16.5. The van der Waals surface area contributed by atoms with Crippen molar-refractivity contribution in [3.8, 4) is 11.5 Å². The maximum atomic E-state index is 12.5. The summed E-state index contributed by atoms with van der Waals surface area (Å²) in [6.45, 7) is 4.21. The van der Waals surface area contributed by atoms with Gasteiger partial charge in [-0.15, -0.1) is 0 Å². The van der Waals surface area contributed by atoms with Crippen molar-refractivity contribution in [1.82, 2.24) is 9.80 Å². The van der Waals surface area contributed by atoms with E-state index < -0.39 is 0 Å². The Morgan fingerprint density at radius 3 is 2.48 bits per heavy atom. The Bertz CT molecular complexity index is 755. The lowest BCUT2D eigenvalue weighted by atomic mass is 10.1. The van der Waals surface area contributed by atoms with Gasteiger partial charge in [-0.05, 0) is 30.2 Å². The zero-order chi connectivity index (χ0) is 19.1. The molecule has 0 unspecified atom stereocenters. The molecule has 0 radical (unpaired) electrons. The minimum absolute atomic E-state index is 0.231. The van der Waals surface area contributed by atoms with Crippen LogP contribution in [-0.4, -0.2) is 56.1 Å². The van der Waals surface area contributed by atoms with Gasteiger partial charge in [0.2, 0.25) is 5.91 Å². The van der Waals surface area contributed by atoms with Crippen LogP contribution in [-0.2, 0) is 17.8 Å². The van der Waals surface area contributed by atoms with Crippen LogP contribution in [0.2, 0.25) is 0 Å². The Labute approximate surface area is 161 Å². The molecule has 5 heteroatoms. The molecule has 27 heavy (non-hydrogen) atoms. The fourth-order valence-corrected chi connectivity index (χ4v) is 3.47. The Morgan fingerprint density at radius 2 is 1.74 bits per heavy atom. The number of carbonyl (C=O) groups is 1. The third-order valence-electron chi connectivity index (χ3n) is 5.07. The number of piperazine rings is 1. The first-order valence-electron chi connectivity index (χ1n) is 9.44. The van der Waals surface area contributed by atoms with Crippen molar-refractivity contribution in [3.63, 3.8) is 0 Å². The van der Waals surface area contributed by atoms with Gasteiger partial charge in [0, 0.05) is 44.7 Å². The van der Waals surface area contributed by atoms with Gasteiger partial charge >= 0.3 is 0 Å². The number of carbonyl (C=O) groups excluding carboxylic acids is 1. The van der Waals surface area contributed by atoms with E-state index >= 15 is 0 Å². The summed E-state index contributed by atoms with van der Waals surface area (Å²) in [5, 5.41) is 0. The summed E-state index contributed by atoms with van der Waals surface area (Å²) in [5.74, 6) is 1.99. The predicted octanol–water partition coefficient (Wildman–Crippen LogP) is 2.98. The molecule has 0 bridgehead atoms. The number of benzene rings is 2. The summed E-state index contributed by atoms with van der Waals surface area (Å²) in [6, 6.07) is 16.1. The van der Waals surface area contributed by atoms with E-state index in [1.54, 1.807) is 14.2 Å². The summed E-state index contributed by atoms with van der Waals surface area (Å²) in [5.41, 5.74) is 2.33. The van der Waals surface area contributed by atoms with Crippen molar-refractivity contribution < 1.29 is 14.3 Å². The molecule has 1 aliphatic rings. The Kier molecular flexibility index (Phi) is 6.71. The zero-order valence-electron chi connectivity index (χ0n) is 16.2. The average Bonchev–Trinajstić information content (AvgIpc) is 2.73. The number of rotatable bonds is 7. The minimum atomic E-state index is 0.231. The van der Waals surface area contributed by atoms with E-state index in [9.17, 15) is 4.79 Å². The van der Waals surface area contributed by atoms with Crippen LogP contribution in [0.15, 0.2) is 48.5 Å². The summed E-state index contributed by atoms with van der Waals surface area (Å²) in [7, 11) is 3.37. The predicted molar refractivity (Wildman–Crippen MR) is 106 cm³/mol. The number of hydrogen-bond donors (Lipinski definition) is 0. The van der Waals surface area contributed by atoms with Crippen LogP contribution in [0.4, 0.5) is 0 Å². The normalized spacial score (nSPS) is 14.8. The number of hydrogen-bond acceptors (Lipinski definition) is 4. The van der Waals surface area contributed by atoms with E-state index in [2.05, 4.69) is 11.0 Å². The molecule has 1 amide bonds. The van der Waals surface area contributed by atoms with Crippen LogP contribution in [0.25, 0.3) is 0 Å². The molecule has 1 aliphatic heterocycles. The minimum Gasteiger partial charge on any atom is -0.497 e. The smallest absolute Gasteiger partial charge is 0.222 e. The lowest BCUT2D eigenvalue weighted by Gasteiger charge is -2.35. The first-order chi connectivity index (χ1) is 13.2. The van der Waals surface area contributed by atoms with Gasteiger partial charge in [0.25, 0.3) is 0 Å². The molecule has 3 rings (SSSR count). The SMILES string of the molecule is COc1cccc(CCC(=O)N2CCN(Cc3ccccc3OC)CC2)c1. The monoisotopic (exact) mass is 368 g/mol. The first-order valence-corrected chi connectivity index (χ1v) is 9.44. The van der Waals surface area contributed by atoms with Crippen molar-refractivity contribution in [2.45, 2.75) is 19.4 Å². The summed E-state index contributed by atoms with van der Waals surface area (Å²) >= 11 is 0. The van der Waals surface area contributed by atoms with Crippen molar-refractivity contribution in [2.75, 3.05) is 40.4 Å². The van der Waals surface area contributed by atoms with Crippen molar-refractivity contribution in [2.24, 2.45) is 0 Å². The quantitative estimate of drug-likeness (QED) is 0.754. The largest absolute Gasteiger partial charge is 0.497 e. The highest BCUT2D eigenvalue weighted by Gasteiger charge is 2.21. The maximum absolute atomic E-state index is 12.5. The Hall–Kier alpha value is -2.53. The van der Waals surface area contributed by atoms with Crippen LogP contribution in [0.1, 0.15) is 17.5 Å². The number of aryl methyl sites for hydroxylation is 1. The van der Waals surface area contributed by atoms with Crippen molar-refractivity contribution >= 4 is 5.91 Å². The van der Waals surface area contributed by atoms with Gasteiger partial charge in [-0.2, -0.15) is 0 Å². The van der Waals surface area contributed by atoms with E-state index in [0.717, 1.165) is 56.2 Å². The fraction of sp³-hybridized carbons (Fsp3) is 0.409. The second kappa shape index (κ2) is 9.42. The molecule has 5 nitrogen and oxygen atoms in total. The number of ether oxygens (including phenoxy) is 2. The van der Waals surface area contributed by atoms with Crippen LogP contribution < -0.4 is 9.47 Å². The number of nitrogens with zero attached hydrogens (tertiary/aromatic N) is 2. The van der Waals surface area contributed by atoms with E-state index in [-0.39, 0.29) is 5.91 Å². The van der Waals surface area contributed by atoms with Gasteiger partial charge in [-0.1, -0.05) is 30.3 Å². The molecular formula is C22H28N2O3. The first kappa shape index (κ1) is 19.2. The molecule has 1 heterocycles. The Balaban J connectivity index is 1.46. The van der Waals surface area contributed by atoms with Crippen LogP contribution >= 0.6 is 0 Å². The van der Waals surface area contributed by atoms with Gasteiger partial charge in [-0.3, -0.25) is 9.69 Å². The third-order valence-corrected chi connectivity index (χ3v) is 5.07. The molecule has 0 aliphatic carbocycles. The van der Waals surface area contributed by atoms with Gasteiger partial charge < -0.3 is 14.4 Å². The van der Waals surface area contributed by atoms with Gasteiger partial charge in [-0.25, -0.2) is 0 Å². The van der Waals surface area contributed by atoms with E-state index in [0.29, 0.717) is 6.42 Å². The van der Waals surface area contributed by atoms with Gasteiger partial charge in [0.15, 0.2) is 0 Å². The van der Waals surface area contributed by atoms with E-state index in [1.807, 2.05) is 47.4 Å². The van der Waals surface area contributed by atoms with Gasteiger partial charge in [0.1, 0.15) is 11.5 Å². The molecule has 144 valence electrons. The second-order valence-electron chi connectivity index (χ2n) is 6.82. The zero-order valence-corrected chi connectivity index (χ0v) is 16.2. The lowest BCUT2D eigenvalue weighted by molar-refractivity contribution is -0.133. The molecule has 0 aromatic heterocycles. The standard InChI is InChI=1S/C22H28N2O3/c1-26-20-8-5-6-18(16-20)10-11-22(25)24-14-12-23(13-15-24)17-19-7-3-4-9-21(19)27-2/h3-9,16H,10-15,17H2,1-2H3. The summed E-state index contributed by atoms with van der Waals surface area (Å²) in [6.07, 6.45) is 1.29. The third kappa shape index (κ3) is 5.23. The van der Waals surface area contributed by atoms with Crippen molar-refractivity contribution in [3.05, 3.63) is 59.7 Å². The average molecular weight is 368 g/mol. The molecule has 0 N–H and O–H groups in total. The molecule has 2 aromatic carbocycles. The molecule has 1 saturated heterocycles. The maximum Gasteiger partial charge on any atom is 0.222 e. The molecular weight excluding hydrogens is 340 g/mol. The second-order valence-corrected chi connectivity index (χ2v) is 6.82. The fourth-order valence-electron chi connectivity index (χ4n) is 3.47. The van der Waals surface area contributed by atoms with Crippen molar-refractivity contribution in [1.29, 1.82) is 0 Å². The highest BCUT2D eigenvalue weighted by Crippen LogP contribution is 2.20. The van der Waals surface area contributed by atoms with Crippen LogP contribution in [0, 0.1) is 0 Å². The van der Waals surface area contributed by atoms with E-state index in [1.165, 1.54) is 5.56 Å². The summed E-state index contributed by atoms with van der Waals surface area (Å²) < 4.78 is 10.7. The number of para-hydroxylation sites is 1. The molecule has 0 spiro atoms.